The smallest absolute Gasteiger partial charge is 0.129 e. The van der Waals surface area contributed by atoms with Crippen molar-refractivity contribution in [3.8, 4) is 17.2 Å². The molecule has 3 atom stereocenters. The van der Waals surface area contributed by atoms with Crippen LogP contribution in [0.3, 0.4) is 0 Å². The predicted molar refractivity (Wildman–Crippen MR) is 74.3 cm³/mol. The summed E-state index contributed by atoms with van der Waals surface area (Å²) < 4.78 is 16.5. The van der Waals surface area contributed by atoms with E-state index in [2.05, 4.69) is 0 Å². The lowest BCUT2D eigenvalue weighted by Gasteiger charge is -2.26. The van der Waals surface area contributed by atoms with E-state index in [9.17, 15) is 0 Å². The Bertz CT molecular complexity index is 444. The third-order valence-corrected chi connectivity index (χ3v) is 4.86. The summed E-state index contributed by atoms with van der Waals surface area (Å²) in [6.07, 6.45) is 5.42. The molecule has 3 nitrogen and oxygen atoms in total. The van der Waals surface area contributed by atoms with Crippen LogP contribution >= 0.6 is 0 Å². The SMILES string of the molecule is COc1cc(OC)c([C@@H]2C[C@H]3CC[C@@H]2C3)c(OC)c1. The molecule has 0 heterocycles. The highest BCUT2D eigenvalue weighted by atomic mass is 16.5. The van der Waals surface area contributed by atoms with Gasteiger partial charge in [0.05, 0.1) is 21.3 Å². The first-order valence-corrected chi connectivity index (χ1v) is 7.06. The zero-order valence-electron chi connectivity index (χ0n) is 11.9. The van der Waals surface area contributed by atoms with E-state index in [0.717, 1.165) is 29.1 Å². The summed E-state index contributed by atoms with van der Waals surface area (Å²) in [5, 5.41) is 0. The second-order valence-electron chi connectivity index (χ2n) is 5.73. The topological polar surface area (TPSA) is 27.7 Å². The van der Waals surface area contributed by atoms with Crippen molar-refractivity contribution in [3.05, 3.63) is 17.7 Å². The number of rotatable bonds is 4. The van der Waals surface area contributed by atoms with Gasteiger partial charge in [0.25, 0.3) is 0 Å². The van der Waals surface area contributed by atoms with E-state index in [1.165, 1.54) is 31.2 Å². The van der Waals surface area contributed by atoms with E-state index < -0.39 is 0 Å². The number of benzene rings is 1. The van der Waals surface area contributed by atoms with Crippen LogP contribution in [0.15, 0.2) is 12.1 Å². The quantitative estimate of drug-likeness (QED) is 0.829. The van der Waals surface area contributed by atoms with Crippen LogP contribution in [0.1, 0.15) is 37.2 Å². The summed E-state index contributed by atoms with van der Waals surface area (Å²) in [5.74, 6) is 4.92. The van der Waals surface area contributed by atoms with Crippen molar-refractivity contribution in [2.75, 3.05) is 21.3 Å². The van der Waals surface area contributed by atoms with Crippen molar-refractivity contribution < 1.29 is 14.2 Å². The summed E-state index contributed by atoms with van der Waals surface area (Å²) in [6.45, 7) is 0. The molecule has 3 rings (SSSR count). The van der Waals surface area contributed by atoms with Crippen LogP contribution in [-0.2, 0) is 0 Å². The highest BCUT2D eigenvalue weighted by Gasteiger charge is 2.42. The molecule has 1 aromatic carbocycles. The van der Waals surface area contributed by atoms with Gasteiger partial charge in [0.2, 0.25) is 0 Å². The number of ether oxygens (including phenoxy) is 3. The third-order valence-electron chi connectivity index (χ3n) is 4.86. The van der Waals surface area contributed by atoms with Gasteiger partial charge in [0.1, 0.15) is 17.2 Å². The third kappa shape index (κ3) is 2.05. The van der Waals surface area contributed by atoms with Gasteiger partial charge in [0, 0.05) is 17.7 Å². The number of methoxy groups -OCH3 is 3. The van der Waals surface area contributed by atoms with Crippen molar-refractivity contribution >= 4 is 0 Å². The lowest BCUT2D eigenvalue weighted by Crippen LogP contribution is -2.11. The van der Waals surface area contributed by atoms with Crippen LogP contribution < -0.4 is 14.2 Å². The molecule has 0 aliphatic heterocycles. The molecule has 0 N–H and O–H groups in total. The van der Waals surface area contributed by atoms with Crippen molar-refractivity contribution in [2.24, 2.45) is 11.8 Å². The van der Waals surface area contributed by atoms with Crippen LogP contribution in [0.5, 0.6) is 17.2 Å². The maximum absolute atomic E-state index is 5.59. The standard InChI is InChI=1S/C16H22O3/c1-17-12-8-14(18-2)16(15(9-12)19-3)13-7-10-4-5-11(13)6-10/h8-11,13H,4-7H2,1-3H3/t10-,11+,13+/m0/s1. The van der Waals surface area contributed by atoms with Crippen molar-refractivity contribution in [3.63, 3.8) is 0 Å². The van der Waals surface area contributed by atoms with Crippen molar-refractivity contribution in [1.29, 1.82) is 0 Å². The number of hydrogen-bond donors (Lipinski definition) is 0. The van der Waals surface area contributed by atoms with Crippen molar-refractivity contribution in [1.82, 2.24) is 0 Å². The van der Waals surface area contributed by atoms with Crippen LogP contribution in [0.2, 0.25) is 0 Å². The predicted octanol–water partition coefficient (Wildman–Crippen LogP) is 3.62. The molecule has 0 spiro atoms. The van der Waals surface area contributed by atoms with E-state index in [-0.39, 0.29) is 0 Å². The van der Waals surface area contributed by atoms with E-state index in [1.807, 2.05) is 12.1 Å². The Morgan fingerprint density at radius 2 is 1.58 bits per heavy atom. The van der Waals surface area contributed by atoms with Gasteiger partial charge in [0.15, 0.2) is 0 Å². The Morgan fingerprint density at radius 1 is 0.895 bits per heavy atom. The minimum Gasteiger partial charge on any atom is -0.496 e. The first kappa shape index (κ1) is 12.6. The molecule has 2 aliphatic rings. The average molecular weight is 262 g/mol. The molecular formula is C16H22O3. The fourth-order valence-corrected chi connectivity index (χ4v) is 4.00. The van der Waals surface area contributed by atoms with Gasteiger partial charge in [-0.1, -0.05) is 6.42 Å². The maximum atomic E-state index is 5.59. The lowest BCUT2D eigenvalue weighted by atomic mass is 9.82. The maximum Gasteiger partial charge on any atom is 0.129 e. The molecule has 0 saturated heterocycles. The molecule has 0 aromatic heterocycles. The highest BCUT2D eigenvalue weighted by Crippen LogP contribution is 2.56. The second-order valence-corrected chi connectivity index (χ2v) is 5.73. The summed E-state index contributed by atoms with van der Waals surface area (Å²) in [4.78, 5) is 0. The Labute approximate surface area is 114 Å². The molecule has 2 saturated carbocycles. The Kier molecular flexibility index (Phi) is 3.29. The minimum absolute atomic E-state index is 0.592. The van der Waals surface area contributed by atoms with E-state index in [4.69, 9.17) is 14.2 Å². The summed E-state index contributed by atoms with van der Waals surface area (Å²) in [5.41, 5.74) is 1.25. The van der Waals surface area contributed by atoms with Gasteiger partial charge < -0.3 is 14.2 Å². The van der Waals surface area contributed by atoms with E-state index in [0.29, 0.717) is 5.92 Å². The van der Waals surface area contributed by atoms with Gasteiger partial charge in [-0.2, -0.15) is 0 Å². The molecule has 2 aliphatic carbocycles. The van der Waals surface area contributed by atoms with Crippen LogP contribution in [0, 0.1) is 11.8 Å². The average Bonchev–Trinajstić information content (AvgIpc) is 3.08. The van der Waals surface area contributed by atoms with Crippen molar-refractivity contribution in [2.45, 2.75) is 31.6 Å². The molecule has 0 unspecified atom stereocenters. The number of hydrogen-bond acceptors (Lipinski definition) is 3. The van der Waals surface area contributed by atoms with Gasteiger partial charge in [-0.3, -0.25) is 0 Å². The molecule has 2 bridgehead atoms. The van der Waals surface area contributed by atoms with E-state index >= 15 is 0 Å². The zero-order valence-corrected chi connectivity index (χ0v) is 11.9. The molecular weight excluding hydrogens is 240 g/mol. The molecule has 1 aromatic rings. The van der Waals surface area contributed by atoms with Gasteiger partial charge in [-0.15, -0.1) is 0 Å². The monoisotopic (exact) mass is 262 g/mol. The van der Waals surface area contributed by atoms with Crippen LogP contribution in [0.25, 0.3) is 0 Å². The molecule has 0 radical (unpaired) electrons. The molecule has 2 fully saturated rings. The van der Waals surface area contributed by atoms with E-state index in [1.54, 1.807) is 21.3 Å². The first-order chi connectivity index (χ1) is 9.26. The Balaban J connectivity index is 2.03. The number of fused-ring (bicyclic) bond motifs is 2. The Morgan fingerprint density at radius 3 is 2.00 bits per heavy atom. The highest BCUT2D eigenvalue weighted by molar-refractivity contribution is 5.53. The lowest BCUT2D eigenvalue weighted by molar-refractivity contribution is 0.343. The molecule has 19 heavy (non-hydrogen) atoms. The summed E-state index contributed by atoms with van der Waals surface area (Å²) >= 11 is 0. The van der Waals surface area contributed by atoms with Gasteiger partial charge >= 0.3 is 0 Å². The summed E-state index contributed by atoms with van der Waals surface area (Å²) in [7, 11) is 5.13. The fraction of sp³-hybridized carbons (Fsp3) is 0.625. The largest absolute Gasteiger partial charge is 0.496 e. The fourth-order valence-electron chi connectivity index (χ4n) is 4.00. The van der Waals surface area contributed by atoms with Gasteiger partial charge in [-0.05, 0) is 37.0 Å². The normalized spacial score (nSPS) is 28.5. The Hall–Kier alpha value is -1.38. The second kappa shape index (κ2) is 4.95. The molecule has 3 heteroatoms. The molecule has 0 amide bonds. The zero-order chi connectivity index (χ0) is 13.4. The van der Waals surface area contributed by atoms with Gasteiger partial charge in [-0.25, -0.2) is 0 Å². The van der Waals surface area contributed by atoms with Crippen LogP contribution in [-0.4, -0.2) is 21.3 Å². The van der Waals surface area contributed by atoms with Crippen LogP contribution in [0.4, 0.5) is 0 Å². The first-order valence-electron chi connectivity index (χ1n) is 7.06. The molecule has 104 valence electrons. The minimum atomic E-state index is 0.592. The summed E-state index contributed by atoms with van der Waals surface area (Å²) in [6, 6.07) is 3.95.